The summed E-state index contributed by atoms with van der Waals surface area (Å²) in [5.41, 5.74) is 1.77. The van der Waals surface area contributed by atoms with Crippen LogP contribution in [0.1, 0.15) is 36.9 Å². The lowest BCUT2D eigenvalue weighted by Gasteiger charge is -2.20. The maximum atomic E-state index is 12.9. The summed E-state index contributed by atoms with van der Waals surface area (Å²) in [6.45, 7) is 2.94. The Hall–Kier alpha value is -1.18. The number of nitrogens with zero attached hydrogens (tertiary/aromatic N) is 1. The van der Waals surface area contributed by atoms with Crippen LogP contribution in [-0.2, 0) is 10.9 Å². The Bertz CT molecular complexity index is 385. The van der Waals surface area contributed by atoms with Crippen LogP contribution in [0, 0.1) is 0 Å². The number of nitrogens with two attached hydrogens (primary N) is 1. The van der Waals surface area contributed by atoms with E-state index in [1.807, 2.05) is 6.92 Å². The van der Waals surface area contributed by atoms with E-state index in [2.05, 4.69) is 10.4 Å². The minimum atomic E-state index is -4.41. The minimum absolute atomic E-state index is 0.0639. The second-order valence-corrected chi connectivity index (χ2v) is 4.02. The molecule has 0 spiro atoms. The summed E-state index contributed by atoms with van der Waals surface area (Å²) < 4.78 is 43.8. The maximum Gasteiger partial charge on any atom is 0.416 e. The molecule has 0 aliphatic carbocycles. The van der Waals surface area contributed by atoms with Gasteiger partial charge in [0, 0.05) is 37.2 Å². The summed E-state index contributed by atoms with van der Waals surface area (Å²) >= 11 is 0. The van der Waals surface area contributed by atoms with Crippen molar-refractivity contribution in [2.45, 2.75) is 32.0 Å². The van der Waals surface area contributed by atoms with E-state index in [-0.39, 0.29) is 5.56 Å². The molecule has 0 saturated carbocycles. The third-order valence-electron chi connectivity index (χ3n) is 2.72. The average Bonchev–Trinajstić information content (AvgIpc) is 2.38. The predicted molar refractivity (Wildman–Crippen MR) is 65.0 cm³/mol. The van der Waals surface area contributed by atoms with Gasteiger partial charge in [0.1, 0.15) is 0 Å². The molecule has 0 saturated heterocycles. The normalized spacial score (nSPS) is 13.5. The fourth-order valence-electron chi connectivity index (χ4n) is 1.80. The highest BCUT2D eigenvalue weighted by Gasteiger charge is 2.34. The number of rotatable bonds is 7. The van der Waals surface area contributed by atoms with Gasteiger partial charge in [-0.2, -0.15) is 13.2 Å². The predicted octanol–water partition coefficient (Wildman–Crippen LogP) is 2.42. The number of nitrogens with one attached hydrogen (secondary N) is 1. The zero-order chi connectivity index (χ0) is 14.3. The van der Waals surface area contributed by atoms with Gasteiger partial charge in [-0.1, -0.05) is 0 Å². The topological polar surface area (TPSA) is 60.2 Å². The Labute approximate surface area is 110 Å². The fourth-order valence-corrected chi connectivity index (χ4v) is 1.80. The Morgan fingerprint density at radius 3 is 2.79 bits per heavy atom. The van der Waals surface area contributed by atoms with Crippen LogP contribution in [0.2, 0.25) is 0 Å². The molecule has 1 aromatic heterocycles. The number of halogens is 3. The van der Waals surface area contributed by atoms with Gasteiger partial charge in [-0.3, -0.25) is 16.3 Å². The number of ether oxygens (including phenoxy) is 1. The molecule has 0 aromatic carbocycles. The Morgan fingerprint density at radius 1 is 1.47 bits per heavy atom. The van der Waals surface area contributed by atoms with E-state index >= 15 is 0 Å². The molecule has 0 bridgehead atoms. The van der Waals surface area contributed by atoms with Crippen LogP contribution in [0.25, 0.3) is 0 Å². The van der Waals surface area contributed by atoms with Gasteiger partial charge < -0.3 is 4.74 Å². The molecule has 0 fully saturated rings. The Balaban J connectivity index is 2.80. The molecular weight excluding hydrogens is 259 g/mol. The van der Waals surface area contributed by atoms with Crippen LogP contribution in [0.4, 0.5) is 13.2 Å². The minimum Gasteiger partial charge on any atom is -0.382 e. The van der Waals surface area contributed by atoms with E-state index in [4.69, 9.17) is 10.6 Å². The molecule has 0 aliphatic heterocycles. The van der Waals surface area contributed by atoms with Crippen molar-refractivity contribution >= 4 is 0 Å². The van der Waals surface area contributed by atoms with Gasteiger partial charge in [0.05, 0.1) is 5.56 Å². The monoisotopic (exact) mass is 277 g/mol. The number of hydrogen-bond donors (Lipinski definition) is 2. The van der Waals surface area contributed by atoms with Crippen molar-refractivity contribution in [2.75, 3.05) is 13.2 Å². The molecule has 4 nitrogen and oxygen atoms in total. The second-order valence-electron chi connectivity index (χ2n) is 4.02. The summed E-state index contributed by atoms with van der Waals surface area (Å²) in [5, 5.41) is 0. The average molecular weight is 277 g/mol. The van der Waals surface area contributed by atoms with Crippen molar-refractivity contribution in [3.8, 4) is 0 Å². The fraction of sp³-hybridized carbons (Fsp3) is 0.583. The zero-order valence-electron chi connectivity index (χ0n) is 10.7. The molecule has 0 radical (unpaired) electrons. The summed E-state index contributed by atoms with van der Waals surface area (Å²) in [6.07, 6.45) is -1.01. The number of alkyl halides is 3. The van der Waals surface area contributed by atoms with E-state index < -0.39 is 17.8 Å². The van der Waals surface area contributed by atoms with Crippen LogP contribution in [0.15, 0.2) is 18.5 Å². The highest BCUT2D eigenvalue weighted by molar-refractivity contribution is 5.29. The van der Waals surface area contributed by atoms with Gasteiger partial charge in [0.15, 0.2) is 0 Å². The van der Waals surface area contributed by atoms with Crippen molar-refractivity contribution in [3.63, 3.8) is 0 Å². The molecular formula is C12H18F3N3O. The van der Waals surface area contributed by atoms with Gasteiger partial charge in [-0.15, -0.1) is 0 Å². The largest absolute Gasteiger partial charge is 0.416 e. The SMILES string of the molecule is CCOCCCC(NN)c1cnccc1C(F)(F)F. The highest BCUT2D eigenvalue weighted by Crippen LogP contribution is 2.34. The molecule has 1 unspecified atom stereocenters. The van der Waals surface area contributed by atoms with Crippen molar-refractivity contribution < 1.29 is 17.9 Å². The lowest BCUT2D eigenvalue weighted by atomic mass is 9.99. The molecule has 1 aromatic rings. The Kier molecular flexibility index (Phi) is 6.20. The van der Waals surface area contributed by atoms with Crippen LogP contribution in [-0.4, -0.2) is 18.2 Å². The molecule has 108 valence electrons. The van der Waals surface area contributed by atoms with Crippen molar-refractivity contribution in [1.29, 1.82) is 0 Å². The van der Waals surface area contributed by atoms with Crippen LogP contribution >= 0.6 is 0 Å². The molecule has 19 heavy (non-hydrogen) atoms. The first-order valence-electron chi connectivity index (χ1n) is 6.05. The van der Waals surface area contributed by atoms with Crippen molar-refractivity contribution in [2.24, 2.45) is 5.84 Å². The quantitative estimate of drug-likeness (QED) is 0.456. The summed E-state index contributed by atoms with van der Waals surface area (Å²) in [4.78, 5) is 3.75. The lowest BCUT2D eigenvalue weighted by molar-refractivity contribution is -0.138. The number of hydrazine groups is 1. The Morgan fingerprint density at radius 2 is 2.21 bits per heavy atom. The number of hydrogen-bond acceptors (Lipinski definition) is 4. The van der Waals surface area contributed by atoms with E-state index in [9.17, 15) is 13.2 Å². The van der Waals surface area contributed by atoms with Gasteiger partial charge in [-0.25, -0.2) is 0 Å². The number of pyridine rings is 1. The molecule has 0 amide bonds. The van der Waals surface area contributed by atoms with Crippen molar-refractivity contribution in [3.05, 3.63) is 29.6 Å². The molecule has 1 rings (SSSR count). The first-order chi connectivity index (χ1) is 9.00. The van der Waals surface area contributed by atoms with E-state index in [1.54, 1.807) is 0 Å². The first kappa shape index (κ1) is 15.9. The molecule has 0 aliphatic rings. The van der Waals surface area contributed by atoms with E-state index in [0.29, 0.717) is 26.1 Å². The highest BCUT2D eigenvalue weighted by atomic mass is 19.4. The first-order valence-corrected chi connectivity index (χ1v) is 6.05. The number of aromatic nitrogens is 1. The smallest absolute Gasteiger partial charge is 0.382 e. The molecule has 3 N–H and O–H groups in total. The standard InChI is InChI=1S/C12H18F3N3O/c1-2-19-7-3-4-11(18-16)9-8-17-6-5-10(9)12(13,14)15/h5-6,8,11,18H,2-4,7,16H2,1H3. The zero-order valence-corrected chi connectivity index (χ0v) is 10.7. The summed E-state index contributed by atoms with van der Waals surface area (Å²) in [5.74, 6) is 5.35. The third kappa shape index (κ3) is 4.77. The second kappa shape index (κ2) is 7.42. The van der Waals surface area contributed by atoms with Gasteiger partial charge in [0.25, 0.3) is 0 Å². The van der Waals surface area contributed by atoms with Crippen LogP contribution < -0.4 is 11.3 Å². The van der Waals surface area contributed by atoms with Gasteiger partial charge >= 0.3 is 6.18 Å². The summed E-state index contributed by atoms with van der Waals surface area (Å²) in [7, 11) is 0. The maximum absolute atomic E-state index is 12.9. The van der Waals surface area contributed by atoms with Gasteiger partial charge in [-0.05, 0) is 25.8 Å². The molecule has 7 heteroatoms. The third-order valence-corrected chi connectivity index (χ3v) is 2.72. The van der Waals surface area contributed by atoms with Crippen LogP contribution in [0.5, 0.6) is 0 Å². The van der Waals surface area contributed by atoms with Crippen LogP contribution in [0.3, 0.4) is 0 Å². The molecule has 1 heterocycles. The van der Waals surface area contributed by atoms with Gasteiger partial charge in [0.2, 0.25) is 0 Å². The molecule has 1 atom stereocenters. The van der Waals surface area contributed by atoms with E-state index in [1.165, 1.54) is 6.20 Å². The van der Waals surface area contributed by atoms with Crippen molar-refractivity contribution in [1.82, 2.24) is 10.4 Å². The summed E-state index contributed by atoms with van der Waals surface area (Å²) in [6, 6.07) is 0.369. The lowest BCUT2D eigenvalue weighted by Crippen LogP contribution is -2.30. The van der Waals surface area contributed by atoms with E-state index in [0.717, 1.165) is 12.3 Å².